The van der Waals surface area contributed by atoms with E-state index < -0.39 is 11.8 Å². The van der Waals surface area contributed by atoms with Gasteiger partial charge < -0.3 is 0 Å². The summed E-state index contributed by atoms with van der Waals surface area (Å²) in [5, 5.41) is 0.552. The van der Waals surface area contributed by atoms with E-state index in [-0.39, 0.29) is 28.7 Å². The van der Waals surface area contributed by atoms with Crippen LogP contribution in [0.4, 0.5) is 5.69 Å². The molecule has 3 nitrogen and oxygen atoms in total. The number of aryl methyl sites for hydroxylation is 2. The van der Waals surface area contributed by atoms with Gasteiger partial charge in [-0.15, -0.1) is 0 Å². The monoisotopic (exact) mass is 499 g/mol. The van der Waals surface area contributed by atoms with Crippen molar-refractivity contribution in [2.24, 2.45) is 23.7 Å². The van der Waals surface area contributed by atoms with E-state index in [2.05, 4.69) is 74.5 Å². The third-order valence-corrected chi connectivity index (χ3v) is 8.37. The Labute approximate surface area is 214 Å². The largest absolute Gasteiger partial charge is 0.274 e. The number of rotatable bonds is 3. The van der Waals surface area contributed by atoms with Crippen molar-refractivity contribution in [3.05, 3.63) is 117 Å². The number of hydrogen-bond donors (Lipinski definition) is 0. The molecule has 1 aliphatic heterocycles. The van der Waals surface area contributed by atoms with Crippen molar-refractivity contribution >= 4 is 46.3 Å². The molecule has 0 spiro atoms. The fourth-order valence-corrected chi connectivity index (χ4v) is 6.32. The van der Waals surface area contributed by atoms with Crippen molar-refractivity contribution in [2.45, 2.75) is 13.8 Å². The van der Waals surface area contributed by atoms with Gasteiger partial charge in [0, 0.05) is 11.8 Å². The van der Waals surface area contributed by atoms with Crippen LogP contribution < -0.4 is 4.90 Å². The Hall–Kier alpha value is -3.14. The van der Waals surface area contributed by atoms with Crippen molar-refractivity contribution in [3.8, 4) is 0 Å². The third-order valence-electron chi connectivity index (χ3n) is 7.56. The smallest absolute Gasteiger partial charge is 0.238 e. The maximum Gasteiger partial charge on any atom is 0.238 e. The lowest BCUT2D eigenvalue weighted by atomic mass is 9.85. The standard InChI is InChI=1S/C30H23Cl2NO2/c1-16-6-10-18(11-7-16)24(19-12-8-17(2)9-13-19)25-20-14-15-21(25)27-26(20)29(34)33(30(27)35)23-5-3-4-22(31)28(23)32/h3-15,20-21,26-27H,1-2H3/t20-,21-,26-,27+/m1/s1. The highest BCUT2D eigenvalue weighted by Crippen LogP contribution is 2.59. The summed E-state index contributed by atoms with van der Waals surface area (Å²) < 4.78 is 0. The molecule has 0 unspecified atom stereocenters. The maximum absolute atomic E-state index is 13.7. The lowest BCUT2D eigenvalue weighted by molar-refractivity contribution is -0.122. The summed E-state index contributed by atoms with van der Waals surface area (Å²) in [6.07, 6.45) is 4.22. The lowest BCUT2D eigenvalue weighted by Gasteiger charge is -2.22. The molecule has 174 valence electrons. The molecular weight excluding hydrogens is 477 g/mol. The van der Waals surface area contributed by atoms with E-state index in [9.17, 15) is 9.59 Å². The van der Waals surface area contributed by atoms with Crippen LogP contribution in [0.5, 0.6) is 0 Å². The first-order valence-corrected chi connectivity index (χ1v) is 12.5. The molecular formula is C30H23Cl2NO2. The van der Waals surface area contributed by atoms with E-state index in [1.54, 1.807) is 18.2 Å². The molecule has 4 atom stereocenters. The summed E-state index contributed by atoms with van der Waals surface area (Å²) in [7, 11) is 0. The van der Waals surface area contributed by atoms with Gasteiger partial charge in [0.05, 0.1) is 27.6 Å². The Morgan fingerprint density at radius 3 is 1.69 bits per heavy atom. The number of imide groups is 1. The van der Waals surface area contributed by atoms with Crippen LogP contribution in [0.1, 0.15) is 22.3 Å². The summed E-state index contributed by atoms with van der Waals surface area (Å²) in [6, 6.07) is 22.0. The average molecular weight is 500 g/mol. The second-order valence-electron chi connectivity index (χ2n) is 9.64. The van der Waals surface area contributed by atoms with Gasteiger partial charge in [0.25, 0.3) is 0 Å². The highest BCUT2D eigenvalue weighted by atomic mass is 35.5. The second kappa shape index (κ2) is 8.22. The van der Waals surface area contributed by atoms with Crippen molar-refractivity contribution in [1.29, 1.82) is 0 Å². The summed E-state index contributed by atoms with van der Waals surface area (Å²) >= 11 is 12.6. The molecule has 3 aromatic carbocycles. The molecule has 1 saturated heterocycles. The summed E-state index contributed by atoms with van der Waals surface area (Å²) in [5.74, 6) is -1.55. The predicted molar refractivity (Wildman–Crippen MR) is 140 cm³/mol. The zero-order chi connectivity index (χ0) is 24.4. The quantitative estimate of drug-likeness (QED) is 0.286. The highest BCUT2D eigenvalue weighted by molar-refractivity contribution is 6.45. The van der Waals surface area contributed by atoms with Gasteiger partial charge in [-0.25, -0.2) is 4.90 Å². The predicted octanol–water partition coefficient (Wildman–Crippen LogP) is 7.03. The number of benzene rings is 3. The zero-order valence-electron chi connectivity index (χ0n) is 19.3. The van der Waals surface area contributed by atoms with Crippen LogP contribution in [0.2, 0.25) is 10.0 Å². The number of nitrogens with zero attached hydrogens (tertiary/aromatic N) is 1. The van der Waals surface area contributed by atoms with Crippen molar-refractivity contribution in [2.75, 3.05) is 4.90 Å². The minimum Gasteiger partial charge on any atom is -0.274 e. The third kappa shape index (κ3) is 3.33. The zero-order valence-corrected chi connectivity index (χ0v) is 20.8. The lowest BCUT2D eigenvalue weighted by Crippen LogP contribution is -2.33. The van der Waals surface area contributed by atoms with E-state index in [0.717, 1.165) is 22.3 Å². The van der Waals surface area contributed by atoms with Crippen LogP contribution in [-0.4, -0.2) is 11.8 Å². The second-order valence-corrected chi connectivity index (χ2v) is 10.4. The van der Waals surface area contributed by atoms with E-state index >= 15 is 0 Å². The van der Waals surface area contributed by atoms with Crippen LogP contribution in [0.3, 0.4) is 0 Å². The van der Waals surface area contributed by atoms with E-state index in [1.807, 2.05) is 0 Å². The van der Waals surface area contributed by atoms with Gasteiger partial charge in [-0.1, -0.05) is 101 Å². The Kier molecular flexibility index (Phi) is 5.24. The van der Waals surface area contributed by atoms with Crippen LogP contribution in [0.25, 0.3) is 5.57 Å². The maximum atomic E-state index is 13.7. The van der Waals surface area contributed by atoms with Gasteiger partial charge in [-0.3, -0.25) is 9.59 Å². The van der Waals surface area contributed by atoms with Crippen molar-refractivity contribution in [3.63, 3.8) is 0 Å². The van der Waals surface area contributed by atoms with Gasteiger partial charge in [0.2, 0.25) is 11.8 Å². The van der Waals surface area contributed by atoms with Gasteiger partial charge in [0.1, 0.15) is 0 Å². The van der Waals surface area contributed by atoms with E-state index in [4.69, 9.17) is 23.2 Å². The normalized spacial score (nSPS) is 24.5. The summed E-state index contributed by atoms with van der Waals surface area (Å²) in [6.45, 7) is 4.14. The fourth-order valence-electron chi connectivity index (χ4n) is 5.94. The number of hydrogen-bond acceptors (Lipinski definition) is 2. The van der Waals surface area contributed by atoms with Crippen LogP contribution in [-0.2, 0) is 9.59 Å². The molecule has 2 aliphatic carbocycles. The SMILES string of the molecule is Cc1ccc(C(=C2[C@H]3C=C[C@H]2[C@H]2C(=O)N(c4cccc(Cl)c4Cl)C(=O)[C@H]23)c2ccc(C)cc2)cc1. The molecule has 0 N–H and O–H groups in total. The van der Waals surface area contributed by atoms with Gasteiger partial charge in [-0.05, 0) is 48.3 Å². The molecule has 35 heavy (non-hydrogen) atoms. The van der Waals surface area contributed by atoms with Crippen LogP contribution in [0.15, 0.2) is 84.5 Å². The molecule has 3 aliphatic rings. The first-order chi connectivity index (χ1) is 16.9. The van der Waals surface area contributed by atoms with E-state index in [0.29, 0.717) is 10.7 Å². The summed E-state index contributed by atoms with van der Waals surface area (Å²) in [4.78, 5) is 28.7. The average Bonchev–Trinajstić information content (AvgIpc) is 3.48. The number of allylic oxidation sites excluding steroid dienone is 3. The van der Waals surface area contributed by atoms with Gasteiger partial charge in [-0.2, -0.15) is 0 Å². The number of carbonyl (C=O) groups excluding carboxylic acids is 2. The number of amides is 2. The molecule has 1 saturated carbocycles. The minimum absolute atomic E-state index is 0.137. The topological polar surface area (TPSA) is 37.4 Å². The number of fused-ring (bicyclic) bond motifs is 5. The van der Waals surface area contributed by atoms with Gasteiger partial charge >= 0.3 is 0 Å². The molecule has 3 aromatic rings. The minimum atomic E-state index is -0.437. The Bertz CT molecular complexity index is 1350. The number of anilines is 1. The van der Waals surface area contributed by atoms with Crippen LogP contribution >= 0.6 is 23.2 Å². The number of halogens is 2. The Morgan fingerprint density at radius 1 is 0.714 bits per heavy atom. The van der Waals surface area contributed by atoms with Crippen molar-refractivity contribution in [1.82, 2.24) is 0 Å². The molecule has 2 bridgehead atoms. The molecule has 6 rings (SSSR count). The Morgan fingerprint density at radius 2 is 1.20 bits per heavy atom. The molecule has 5 heteroatoms. The molecule has 0 radical (unpaired) electrons. The Balaban J connectivity index is 1.50. The first kappa shape index (κ1) is 22.3. The molecule has 0 aromatic heterocycles. The van der Waals surface area contributed by atoms with Crippen molar-refractivity contribution < 1.29 is 9.59 Å². The first-order valence-electron chi connectivity index (χ1n) is 11.7. The van der Waals surface area contributed by atoms with Crippen LogP contribution in [0, 0.1) is 37.5 Å². The summed E-state index contributed by atoms with van der Waals surface area (Å²) in [5.41, 5.74) is 7.21. The number of carbonyl (C=O) groups is 2. The molecule has 1 heterocycles. The molecule has 2 amide bonds. The van der Waals surface area contributed by atoms with E-state index in [1.165, 1.54) is 16.0 Å². The molecule has 2 fully saturated rings. The fraction of sp³-hybridized carbons (Fsp3) is 0.200. The highest BCUT2D eigenvalue weighted by Gasteiger charge is 2.62. The van der Waals surface area contributed by atoms with Gasteiger partial charge in [0.15, 0.2) is 0 Å².